The topological polar surface area (TPSA) is 55.1 Å². The van der Waals surface area contributed by atoms with Gasteiger partial charge >= 0.3 is 6.18 Å². The molecule has 1 aromatic rings. The first kappa shape index (κ1) is 18.7. The maximum absolute atomic E-state index is 13.9. The SMILES string of the molecule is Cl.NCC1CCCC1NC(=O)c1cccc(C(F)(F)F)c1F. The smallest absolute Gasteiger partial charge is 0.349 e. The Kier molecular flexibility index (Phi) is 6.19. The van der Waals surface area contributed by atoms with E-state index in [1.807, 2.05) is 0 Å². The highest BCUT2D eigenvalue weighted by molar-refractivity contribution is 5.95. The van der Waals surface area contributed by atoms with Crippen LogP contribution in [0.15, 0.2) is 18.2 Å². The van der Waals surface area contributed by atoms with Gasteiger partial charge in [0.15, 0.2) is 0 Å². The van der Waals surface area contributed by atoms with Gasteiger partial charge in [-0.2, -0.15) is 13.2 Å². The monoisotopic (exact) mass is 340 g/mol. The number of amides is 1. The third-order valence-electron chi connectivity index (χ3n) is 3.83. The molecule has 0 spiro atoms. The van der Waals surface area contributed by atoms with Crippen LogP contribution in [0.25, 0.3) is 0 Å². The summed E-state index contributed by atoms with van der Waals surface area (Å²) in [6.07, 6.45) is -2.38. The number of nitrogens with two attached hydrogens (primary N) is 1. The fraction of sp³-hybridized carbons (Fsp3) is 0.500. The Hall–Kier alpha value is -1.34. The molecule has 0 aliphatic heterocycles. The van der Waals surface area contributed by atoms with Gasteiger partial charge in [-0.3, -0.25) is 4.79 Å². The molecule has 1 fully saturated rings. The number of hydrogen-bond donors (Lipinski definition) is 2. The van der Waals surface area contributed by atoms with Gasteiger partial charge in [0.05, 0.1) is 11.1 Å². The van der Waals surface area contributed by atoms with Crippen molar-refractivity contribution in [3.8, 4) is 0 Å². The van der Waals surface area contributed by atoms with Crippen molar-refractivity contribution in [1.82, 2.24) is 5.32 Å². The molecule has 1 aromatic carbocycles. The number of nitrogens with one attached hydrogen (secondary N) is 1. The summed E-state index contributed by atoms with van der Waals surface area (Å²) in [4.78, 5) is 12.0. The van der Waals surface area contributed by atoms with Crippen LogP contribution in [0.3, 0.4) is 0 Å². The predicted octanol–water partition coefficient (Wildman–Crippen LogP) is 3.12. The van der Waals surface area contributed by atoms with E-state index in [0.717, 1.165) is 25.0 Å². The van der Waals surface area contributed by atoms with Gasteiger partial charge in [-0.1, -0.05) is 12.5 Å². The summed E-state index contributed by atoms with van der Waals surface area (Å²) in [6.45, 7) is 0.385. The lowest BCUT2D eigenvalue weighted by Gasteiger charge is -2.20. The van der Waals surface area contributed by atoms with Gasteiger partial charge in [0.2, 0.25) is 0 Å². The van der Waals surface area contributed by atoms with Crippen molar-refractivity contribution in [1.29, 1.82) is 0 Å². The summed E-state index contributed by atoms with van der Waals surface area (Å²) in [5.74, 6) is -2.28. The van der Waals surface area contributed by atoms with Gasteiger partial charge in [0, 0.05) is 6.04 Å². The Bertz CT molecular complexity index is 536. The molecule has 22 heavy (non-hydrogen) atoms. The van der Waals surface area contributed by atoms with E-state index in [0.29, 0.717) is 19.0 Å². The first-order chi connectivity index (χ1) is 9.84. The van der Waals surface area contributed by atoms with Crippen LogP contribution in [0.4, 0.5) is 17.6 Å². The van der Waals surface area contributed by atoms with Crippen LogP contribution < -0.4 is 11.1 Å². The zero-order valence-corrected chi connectivity index (χ0v) is 12.4. The highest BCUT2D eigenvalue weighted by atomic mass is 35.5. The van der Waals surface area contributed by atoms with Gasteiger partial charge in [-0.05, 0) is 37.4 Å². The van der Waals surface area contributed by atoms with Gasteiger partial charge < -0.3 is 11.1 Å². The minimum Gasteiger partial charge on any atom is -0.349 e. The third-order valence-corrected chi connectivity index (χ3v) is 3.83. The van der Waals surface area contributed by atoms with Gasteiger partial charge in [0.1, 0.15) is 5.82 Å². The lowest BCUT2D eigenvalue weighted by atomic mass is 10.0. The summed E-state index contributed by atoms with van der Waals surface area (Å²) >= 11 is 0. The Morgan fingerprint density at radius 1 is 1.32 bits per heavy atom. The Labute approximate surface area is 131 Å². The first-order valence-electron chi connectivity index (χ1n) is 6.71. The van der Waals surface area contributed by atoms with Crippen LogP contribution in [0.5, 0.6) is 0 Å². The van der Waals surface area contributed by atoms with E-state index >= 15 is 0 Å². The molecule has 8 heteroatoms. The van der Waals surface area contributed by atoms with Crippen molar-refractivity contribution in [2.75, 3.05) is 6.54 Å². The van der Waals surface area contributed by atoms with E-state index in [9.17, 15) is 22.4 Å². The lowest BCUT2D eigenvalue weighted by Crippen LogP contribution is -2.40. The molecule has 2 rings (SSSR count). The van der Waals surface area contributed by atoms with Crippen molar-refractivity contribution < 1.29 is 22.4 Å². The van der Waals surface area contributed by atoms with Crippen molar-refractivity contribution in [2.24, 2.45) is 11.7 Å². The summed E-state index contributed by atoms with van der Waals surface area (Å²) in [5.41, 5.74) is 3.55. The van der Waals surface area contributed by atoms with Crippen molar-refractivity contribution >= 4 is 18.3 Å². The number of alkyl halides is 3. The summed E-state index contributed by atoms with van der Waals surface area (Å²) < 4.78 is 51.7. The molecule has 0 saturated heterocycles. The predicted molar refractivity (Wildman–Crippen MR) is 76.3 cm³/mol. The van der Waals surface area contributed by atoms with Crippen molar-refractivity contribution in [3.05, 3.63) is 35.1 Å². The zero-order chi connectivity index (χ0) is 15.6. The van der Waals surface area contributed by atoms with E-state index in [1.54, 1.807) is 0 Å². The van der Waals surface area contributed by atoms with E-state index in [2.05, 4.69) is 5.32 Å². The molecule has 3 nitrogen and oxygen atoms in total. The molecule has 3 N–H and O–H groups in total. The summed E-state index contributed by atoms with van der Waals surface area (Å²) in [6, 6.07) is 2.48. The molecule has 1 saturated carbocycles. The molecule has 0 bridgehead atoms. The molecular weight excluding hydrogens is 324 g/mol. The Morgan fingerprint density at radius 2 is 2.00 bits per heavy atom. The fourth-order valence-corrected chi connectivity index (χ4v) is 2.68. The highest BCUT2D eigenvalue weighted by Gasteiger charge is 2.36. The molecule has 124 valence electrons. The summed E-state index contributed by atoms with van der Waals surface area (Å²) in [7, 11) is 0. The quantitative estimate of drug-likeness (QED) is 0.831. The average Bonchev–Trinajstić information content (AvgIpc) is 2.84. The van der Waals surface area contributed by atoms with Crippen LogP contribution in [0.2, 0.25) is 0 Å². The molecule has 0 aromatic heterocycles. The fourth-order valence-electron chi connectivity index (χ4n) is 2.68. The minimum atomic E-state index is -4.83. The first-order valence-corrected chi connectivity index (χ1v) is 6.71. The second-order valence-corrected chi connectivity index (χ2v) is 5.17. The molecule has 2 unspecified atom stereocenters. The molecule has 2 atom stereocenters. The highest BCUT2D eigenvalue weighted by Crippen LogP contribution is 2.32. The van der Waals surface area contributed by atoms with E-state index in [-0.39, 0.29) is 24.4 Å². The van der Waals surface area contributed by atoms with Gasteiger partial charge in [0.25, 0.3) is 5.91 Å². The standard InChI is InChI=1S/C14H16F4N2O.ClH/c15-12-9(4-2-5-10(12)14(16,17)18)13(21)20-11-6-1-3-8(11)7-19;/h2,4-5,8,11H,1,3,6-7,19H2,(H,20,21);1H. The van der Waals surface area contributed by atoms with Gasteiger partial charge in [-0.15, -0.1) is 12.4 Å². The maximum atomic E-state index is 13.9. The zero-order valence-electron chi connectivity index (χ0n) is 11.6. The number of carbonyl (C=O) groups is 1. The van der Waals surface area contributed by atoms with E-state index in [1.165, 1.54) is 0 Å². The molecule has 1 aliphatic rings. The number of rotatable bonds is 3. The van der Waals surface area contributed by atoms with Crippen LogP contribution in [-0.4, -0.2) is 18.5 Å². The van der Waals surface area contributed by atoms with E-state index < -0.39 is 29.0 Å². The van der Waals surface area contributed by atoms with Crippen LogP contribution in [0.1, 0.15) is 35.2 Å². The number of halogens is 5. The van der Waals surface area contributed by atoms with Crippen LogP contribution in [-0.2, 0) is 6.18 Å². The van der Waals surface area contributed by atoms with Crippen molar-refractivity contribution in [2.45, 2.75) is 31.5 Å². The Morgan fingerprint density at radius 3 is 2.59 bits per heavy atom. The van der Waals surface area contributed by atoms with Crippen molar-refractivity contribution in [3.63, 3.8) is 0 Å². The normalized spacial score (nSPS) is 21.3. The lowest BCUT2D eigenvalue weighted by molar-refractivity contribution is -0.140. The van der Waals surface area contributed by atoms with Gasteiger partial charge in [-0.25, -0.2) is 4.39 Å². The molecule has 0 radical (unpaired) electrons. The van der Waals surface area contributed by atoms with E-state index in [4.69, 9.17) is 5.73 Å². The third kappa shape index (κ3) is 3.89. The van der Waals surface area contributed by atoms with Crippen LogP contribution >= 0.6 is 12.4 Å². The second-order valence-electron chi connectivity index (χ2n) is 5.17. The number of hydrogen-bond acceptors (Lipinski definition) is 2. The summed E-state index contributed by atoms with van der Waals surface area (Å²) in [5, 5.41) is 2.59. The number of benzene rings is 1. The minimum absolute atomic E-state index is 0. The molecule has 1 amide bonds. The second kappa shape index (κ2) is 7.28. The Balaban J connectivity index is 0.00000242. The number of carbonyl (C=O) groups excluding carboxylic acids is 1. The largest absolute Gasteiger partial charge is 0.419 e. The maximum Gasteiger partial charge on any atom is 0.419 e. The average molecular weight is 341 g/mol. The van der Waals surface area contributed by atoms with Crippen LogP contribution in [0, 0.1) is 11.7 Å². The molecular formula is C14H17ClF4N2O. The molecule has 1 aliphatic carbocycles. The molecule has 0 heterocycles.